The Morgan fingerprint density at radius 1 is 1.13 bits per heavy atom. The summed E-state index contributed by atoms with van der Waals surface area (Å²) in [4.78, 5) is 0. The second kappa shape index (κ2) is 6.52. The van der Waals surface area contributed by atoms with E-state index in [9.17, 15) is 5.11 Å². The molecule has 90 valence electrons. The maximum absolute atomic E-state index is 10.2. The number of hydrogen-bond acceptors (Lipinski definition) is 1. The summed E-state index contributed by atoms with van der Waals surface area (Å²) < 4.78 is 0. The van der Waals surface area contributed by atoms with Crippen molar-refractivity contribution in [1.82, 2.24) is 0 Å². The lowest BCUT2D eigenvalue weighted by atomic mass is 9.90. The maximum Gasteiger partial charge on any atom is 0.0596 e. The number of rotatable bonds is 6. The lowest BCUT2D eigenvalue weighted by Crippen LogP contribution is -2.22. The van der Waals surface area contributed by atoms with Crippen LogP contribution < -0.4 is 0 Å². The van der Waals surface area contributed by atoms with Crippen molar-refractivity contribution in [3.63, 3.8) is 0 Å². The molecular weight excluding hydrogens is 184 g/mol. The lowest BCUT2D eigenvalue weighted by molar-refractivity contribution is 0.0774. The second-order valence-corrected chi connectivity index (χ2v) is 5.71. The summed E-state index contributed by atoms with van der Waals surface area (Å²) in [7, 11) is 0. The molecule has 0 amide bonds. The molecule has 1 heteroatoms. The molecule has 1 rings (SSSR count). The molecule has 0 radical (unpaired) electrons. The zero-order chi connectivity index (χ0) is 11.3. The normalized spacial score (nSPS) is 31.4. The largest absolute Gasteiger partial charge is 0.393 e. The Hall–Kier alpha value is -0.0400. The first-order valence-corrected chi connectivity index (χ1v) is 6.83. The minimum Gasteiger partial charge on any atom is -0.393 e. The van der Waals surface area contributed by atoms with Crippen LogP contribution in [0.15, 0.2) is 0 Å². The first-order valence-electron chi connectivity index (χ1n) is 6.83. The molecule has 1 aliphatic carbocycles. The van der Waals surface area contributed by atoms with Crippen molar-refractivity contribution in [3.05, 3.63) is 0 Å². The van der Waals surface area contributed by atoms with Gasteiger partial charge in [-0.3, -0.25) is 0 Å². The van der Waals surface area contributed by atoms with Crippen LogP contribution in [0.2, 0.25) is 0 Å². The van der Waals surface area contributed by atoms with Gasteiger partial charge in [0.05, 0.1) is 6.10 Å². The number of hydrogen-bond donors (Lipinski definition) is 1. The molecular formula is C14H28O. The fourth-order valence-corrected chi connectivity index (χ4v) is 2.99. The summed E-state index contributed by atoms with van der Waals surface area (Å²) in [5.41, 5.74) is 0. The van der Waals surface area contributed by atoms with Crippen LogP contribution in [0.1, 0.15) is 65.7 Å². The molecule has 0 aromatic heterocycles. The highest BCUT2D eigenvalue weighted by Crippen LogP contribution is 2.37. The summed E-state index contributed by atoms with van der Waals surface area (Å²) >= 11 is 0. The molecule has 0 heterocycles. The highest BCUT2D eigenvalue weighted by atomic mass is 16.3. The molecule has 3 unspecified atom stereocenters. The average Bonchev–Trinajstić information content (AvgIpc) is 2.49. The molecule has 0 aromatic carbocycles. The third-order valence-electron chi connectivity index (χ3n) is 3.83. The summed E-state index contributed by atoms with van der Waals surface area (Å²) in [5.74, 6) is 1.94. The van der Waals surface area contributed by atoms with Gasteiger partial charge in [0, 0.05) is 0 Å². The van der Waals surface area contributed by atoms with Crippen LogP contribution in [0.25, 0.3) is 0 Å². The molecule has 3 atom stereocenters. The molecule has 0 spiro atoms. The van der Waals surface area contributed by atoms with Crippen LogP contribution in [0.4, 0.5) is 0 Å². The van der Waals surface area contributed by atoms with E-state index in [4.69, 9.17) is 0 Å². The van der Waals surface area contributed by atoms with Crippen molar-refractivity contribution < 1.29 is 5.11 Å². The average molecular weight is 212 g/mol. The van der Waals surface area contributed by atoms with Gasteiger partial charge >= 0.3 is 0 Å². The Bertz CT molecular complexity index is 165. The third-order valence-corrected chi connectivity index (χ3v) is 3.83. The van der Waals surface area contributed by atoms with Crippen molar-refractivity contribution in [3.8, 4) is 0 Å². The third kappa shape index (κ3) is 4.14. The van der Waals surface area contributed by atoms with Crippen LogP contribution >= 0.6 is 0 Å². The molecule has 0 saturated heterocycles. The van der Waals surface area contributed by atoms with Crippen LogP contribution in [0, 0.1) is 17.8 Å². The standard InChI is InChI=1S/C14H28O/c1-4-5-6-7-12-8-9-13(14(12)15)10-11(2)3/h11-15H,4-10H2,1-3H3. The molecule has 0 aliphatic heterocycles. The predicted molar refractivity (Wildman–Crippen MR) is 65.8 cm³/mol. The van der Waals surface area contributed by atoms with Crippen molar-refractivity contribution >= 4 is 0 Å². The molecule has 1 aliphatic rings. The maximum atomic E-state index is 10.2. The Balaban J connectivity index is 2.25. The number of unbranched alkanes of at least 4 members (excludes halogenated alkanes) is 2. The van der Waals surface area contributed by atoms with Gasteiger partial charge in [-0.2, -0.15) is 0 Å². The van der Waals surface area contributed by atoms with Gasteiger partial charge in [0.2, 0.25) is 0 Å². The fraction of sp³-hybridized carbons (Fsp3) is 1.00. The van der Waals surface area contributed by atoms with Crippen molar-refractivity contribution in [1.29, 1.82) is 0 Å². The van der Waals surface area contributed by atoms with Crippen molar-refractivity contribution in [2.24, 2.45) is 17.8 Å². The van der Waals surface area contributed by atoms with E-state index in [0.717, 1.165) is 5.92 Å². The van der Waals surface area contributed by atoms with Gasteiger partial charge < -0.3 is 5.11 Å². The SMILES string of the molecule is CCCCCC1CCC(CC(C)C)C1O. The summed E-state index contributed by atoms with van der Waals surface area (Å²) in [5, 5.41) is 10.2. The molecule has 1 nitrogen and oxygen atoms in total. The van der Waals surface area contributed by atoms with Gasteiger partial charge in [0.1, 0.15) is 0 Å². The fourth-order valence-electron chi connectivity index (χ4n) is 2.99. The van der Waals surface area contributed by atoms with Crippen LogP contribution in [0.3, 0.4) is 0 Å². The minimum atomic E-state index is 0.00394. The van der Waals surface area contributed by atoms with Crippen molar-refractivity contribution in [2.45, 2.75) is 71.8 Å². The van der Waals surface area contributed by atoms with Crippen molar-refractivity contribution in [2.75, 3.05) is 0 Å². The molecule has 0 aromatic rings. The topological polar surface area (TPSA) is 20.2 Å². The van der Waals surface area contributed by atoms with E-state index in [-0.39, 0.29) is 6.10 Å². The minimum absolute atomic E-state index is 0.00394. The monoisotopic (exact) mass is 212 g/mol. The summed E-state index contributed by atoms with van der Waals surface area (Å²) in [6, 6.07) is 0. The van der Waals surface area contributed by atoms with Crippen LogP contribution in [0.5, 0.6) is 0 Å². The van der Waals surface area contributed by atoms with E-state index >= 15 is 0 Å². The smallest absolute Gasteiger partial charge is 0.0596 e. The molecule has 1 fully saturated rings. The first kappa shape index (κ1) is 13.0. The first-order chi connectivity index (χ1) is 7.15. The van der Waals surface area contributed by atoms with E-state index in [1.54, 1.807) is 0 Å². The van der Waals surface area contributed by atoms with Gasteiger partial charge in [0.25, 0.3) is 0 Å². The number of aliphatic hydroxyl groups excluding tert-OH is 1. The Labute approximate surface area is 95.3 Å². The number of aliphatic hydroxyl groups is 1. The van der Waals surface area contributed by atoms with Crippen LogP contribution in [-0.2, 0) is 0 Å². The summed E-state index contributed by atoms with van der Waals surface area (Å²) in [6.07, 6.45) is 8.93. The quantitative estimate of drug-likeness (QED) is 0.660. The molecule has 1 N–H and O–H groups in total. The van der Waals surface area contributed by atoms with Crippen LogP contribution in [-0.4, -0.2) is 11.2 Å². The highest BCUT2D eigenvalue weighted by molar-refractivity contribution is 4.84. The lowest BCUT2D eigenvalue weighted by Gasteiger charge is -2.20. The Morgan fingerprint density at radius 3 is 2.40 bits per heavy atom. The summed E-state index contributed by atoms with van der Waals surface area (Å²) in [6.45, 7) is 6.76. The van der Waals surface area contributed by atoms with E-state index in [2.05, 4.69) is 20.8 Å². The van der Waals surface area contributed by atoms with Gasteiger partial charge in [0.15, 0.2) is 0 Å². The van der Waals surface area contributed by atoms with Gasteiger partial charge in [-0.15, -0.1) is 0 Å². The van der Waals surface area contributed by atoms with Gasteiger partial charge in [-0.1, -0.05) is 40.0 Å². The second-order valence-electron chi connectivity index (χ2n) is 5.71. The predicted octanol–water partition coefficient (Wildman–Crippen LogP) is 4.00. The van der Waals surface area contributed by atoms with Gasteiger partial charge in [-0.05, 0) is 43.4 Å². The molecule has 0 bridgehead atoms. The Morgan fingerprint density at radius 2 is 1.80 bits per heavy atom. The van der Waals surface area contributed by atoms with E-state index < -0.39 is 0 Å². The van der Waals surface area contributed by atoms with E-state index in [0.29, 0.717) is 11.8 Å². The zero-order valence-corrected chi connectivity index (χ0v) is 10.7. The van der Waals surface area contributed by atoms with Gasteiger partial charge in [-0.25, -0.2) is 0 Å². The van der Waals surface area contributed by atoms with E-state index in [1.807, 2.05) is 0 Å². The van der Waals surface area contributed by atoms with E-state index in [1.165, 1.54) is 44.9 Å². The zero-order valence-electron chi connectivity index (χ0n) is 10.7. The highest BCUT2D eigenvalue weighted by Gasteiger charge is 2.33. The molecule has 15 heavy (non-hydrogen) atoms. The molecule has 1 saturated carbocycles. The Kier molecular flexibility index (Phi) is 5.66.